The number of hydrogen-bond donors (Lipinski definition) is 1. The Hall–Kier alpha value is -1.60. The fraction of sp³-hybridized carbons (Fsp3) is 0.333. The van der Waals surface area contributed by atoms with Gasteiger partial charge in [-0.25, -0.2) is 4.98 Å². The van der Waals surface area contributed by atoms with Crippen molar-refractivity contribution in [3.8, 4) is 11.5 Å². The van der Waals surface area contributed by atoms with E-state index in [0.29, 0.717) is 18.0 Å². The third kappa shape index (κ3) is 3.10. The predicted molar refractivity (Wildman–Crippen MR) is 87.6 cm³/mol. The number of rotatable bonds is 4. The molecule has 116 valence electrons. The summed E-state index contributed by atoms with van der Waals surface area (Å²) >= 11 is 4.84. The van der Waals surface area contributed by atoms with E-state index in [1.807, 2.05) is 18.2 Å². The van der Waals surface area contributed by atoms with Crippen LogP contribution in [0.25, 0.3) is 0 Å². The fourth-order valence-electron chi connectivity index (χ4n) is 2.18. The zero-order valence-corrected chi connectivity index (χ0v) is 14.6. The first-order valence-electron chi connectivity index (χ1n) is 6.87. The van der Waals surface area contributed by atoms with Gasteiger partial charge in [0.15, 0.2) is 15.4 Å². The molecule has 7 heteroatoms. The van der Waals surface area contributed by atoms with Crippen LogP contribution in [-0.2, 0) is 6.54 Å². The van der Waals surface area contributed by atoms with Crippen LogP contribution in [-0.4, -0.2) is 17.7 Å². The zero-order chi connectivity index (χ0) is 15.7. The number of nitrogens with one attached hydrogen (secondary N) is 1. The van der Waals surface area contributed by atoms with Crippen LogP contribution in [0.5, 0.6) is 11.5 Å². The van der Waals surface area contributed by atoms with Crippen molar-refractivity contribution < 1.29 is 14.3 Å². The average molecular weight is 383 g/mol. The zero-order valence-electron chi connectivity index (χ0n) is 12.2. The van der Waals surface area contributed by atoms with Gasteiger partial charge in [-0.15, -0.1) is 11.3 Å². The predicted octanol–water partition coefficient (Wildman–Crippen LogP) is 3.69. The lowest BCUT2D eigenvalue weighted by Gasteiger charge is -2.07. The lowest BCUT2D eigenvalue weighted by molar-refractivity contribution is 0.0945. The SMILES string of the molecule is CC(C)c1sc(Br)nc1C(=O)NCc1ccc2c(c1)OCO2. The average Bonchev–Trinajstić information content (AvgIpc) is 3.10. The number of fused-ring (bicyclic) bond motifs is 1. The summed E-state index contributed by atoms with van der Waals surface area (Å²) < 4.78 is 11.3. The highest BCUT2D eigenvalue weighted by Crippen LogP contribution is 2.33. The minimum absolute atomic E-state index is 0.164. The second kappa shape index (κ2) is 6.26. The Kier molecular flexibility index (Phi) is 4.35. The van der Waals surface area contributed by atoms with E-state index in [0.717, 1.165) is 20.1 Å². The Morgan fingerprint density at radius 3 is 2.95 bits per heavy atom. The van der Waals surface area contributed by atoms with Crippen molar-refractivity contribution in [2.75, 3.05) is 6.79 Å². The van der Waals surface area contributed by atoms with Gasteiger partial charge in [-0.1, -0.05) is 19.9 Å². The number of carbonyl (C=O) groups excluding carboxylic acids is 1. The normalized spacial score (nSPS) is 12.7. The summed E-state index contributed by atoms with van der Waals surface area (Å²) in [5.74, 6) is 1.55. The number of carbonyl (C=O) groups is 1. The Morgan fingerprint density at radius 2 is 2.18 bits per heavy atom. The van der Waals surface area contributed by atoms with Crippen molar-refractivity contribution in [1.82, 2.24) is 10.3 Å². The molecule has 1 aromatic carbocycles. The second-order valence-corrected chi connectivity index (χ2v) is 7.51. The third-order valence-corrected chi connectivity index (χ3v) is 5.06. The van der Waals surface area contributed by atoms with Crippen LogP contribution in [0.3, 0.4) is 0 Å². The Labute approximate surface area is 140 Å². The summed E-state index contributed by atoms with van der Waals surface area (Å²) in [6.45, 7) is 4.76. The molecular weight excluding hydrogens is 368 g/mol. The first kappa shape index (κ1) is 15.3. The van der Waals surface area contributed by atoms with Crippen LogP contribution in [0.2, 0.25) is 0 Å². The summed E-state index contributed by atoms with van der Waals surface area (Å²) in [6, 6.07) is 5.64. The fourth-order valence-corrected chi connectivity index (χ4v) is 3.67. The van der Waals surface area contributed by atoms with Gasteiger partial charge in [0.2, 0.25) is 6.79 Å². The van der Waals surface area contributed by atoms with Gasteiger partial charge in [0.05, 0.1) is 0 Å². The number of benzene rings is 1. The molecule has 0 saturated heterocycles. The van der Waals surface area contributed by atoms with Crippen LogP contribution in [0.15, 0.2) is 22.1 Å². The van der Waals surface area contributed by atoms with Gasteiger partial charge in [0, 0.05) is 11.4 Å². The van der Waals surface area contributed by atoms with Gasteiger partial charge < -0.3 is 14.8 Å². The maximum Gasteiger partial charge on any atom is 0.271 e. The van der Waals surface area contributed by atoms with Crippen LogP contribution >= 0.6 is 27.3 Å². The molecule has 0 radical (unpaired) electrons. The van der Waals surface area contributed by atoms with Crippen molar-refractivity contribution in [3.63, 3.8) is 0 Å². The van der Waals surface area contributed by atoms with Gasteiger partial charge in [0.25, 0.3) is 5.91 Å². The Morgan fingerprint density at radius 1 is 1.41 bits per heavy atom. The number of thiazole rings is 1. The van der Waals surface area contributed by atoms with E-state index in [1.54, 1.807) is 0 Å². The monoisotopic (exact) mass is 382 g/mol. The number of amides is 1. The minimum atomic E-state index is -0.164. The van der Waals surface area contributed by atoms with E-state index in [9.17, 15) is 4.79 Å². The van der Waals surface area contributed by atoms with Gasteiger partial charge in [0.1, 0.15) is 5.69 Å². The van der Waals surface area contributed by atoms with Crippen molar-refractivity contribution in [2.45, 2.75) is 26.3 Å². The van der Waals surface area contributed by atoms with Crippen LogP contribution in [0, 0.1) is 0 Å². The molecule has 5 nitrogen and oxygen atoms in total. The number of nitrogens with zero attached hydrogens (tertiary/aromatic N) is 1. The van der Waals surface area contributed by atoms with Gasteiger partial charge in [-0.05, 0) is 39.5 Å². The van der Waals surface area contributed by atoms with E-state index < -0.39 is 0 Å². The van der Waals surface area contributed by atoms with Crippen molar-refractivity contribution in [2.24, 2.45) is 0 Å². The molecule has 0 aliphatic carbocycles. The molecule has 3 rings (SSSR count). The number of halogens is 1. The van der Waals surface area contributed by atoms with Crippen molar-refractivity contribution in [1.29, 1.82) is 0 Å². The highest BCUT2D eigenvalue weighted by atomic mass is 79.9. The molecule has 2 heterocycles. The minimum Gasteiger partial charge on any atom is -0.454 e. The first-order valence-corrected chi connectivity index (χ1v) is 8.48. The first-order chi connectivity index (χ1) is 10.5. The van der Waals surface area contributed by atoms with Gasteiger partial charge in [-0.2, -0.15) is 0 Å². The summed E-state index contributed by atoms with van der Waals surface area (Å²) in [6.07, 6.45) is 0. The summed E-state index contributed by atoms with van der Waals surface area (Å²) in [4.78, 5) is 17.6. The van der Waals surface area contributed by atoms with E-state index in [2.05, 4.69) is 40.1 Å². The quantitative estimate of drug-likeness (QED) is 0.875. The van der Waals surface area contributed by atoms with Crippen LogP contribution < -0.4 is 14.8 Å². The van der Waals surface area contributed by atoms with Crippen molar-refractivity contribution >= 4 is 33.2 Å². The van der Waals surface area contributed by atoms with E-state index in [-0.39, 0.29) is 18.6 Å². The standard InChI is InChI=1S/C15H15BrN2O3S/c1-8(2)13-12(18-15(16)22-13)14(19)17-6-9-3-4-10-11(5-9)21-7-20-10/h3-5,8H,6-7H2,1-2H3,(H,17,19). The molecule has 1 aliphatic rings. The largest absolute Gasteiger partial charge is 0.454 e. The molecule has 0 fully saturated rings. The Balaban J connectivity index is 1.70. The molecule has 0 unspecified atom stereocenters. The number of hydrogen-bond acceptors (Lipinski definition) is 5. The van der Waals surface area contributed by atoms with Gasteiger partial charge >= 0.3 is 0 Å². The molecule has 1 aromatic heterocycles. The van der Waals surface area contributed by atoms with E-state index >= 15 is 0 Å². The number of aromatic nitrogens is 1. The lowest BCUT2D eigenvalue weighted by atomic mass is 10.1. The summed E-state index contributed by atoms with van der Waals surface area (Å²) in [5, 5.41) is 2.90. The molecule has 1 amide bonds. The van der Waals surface area contributed by atoms with E-state index in [1.165, 1.54) is 11.3 Å². The highest BCUT2D eigenvalue weighted by Gasteiger charge is 2.20. The molecule has 0 spiro atoms. The molecule has 2 aromatic rings. The van der Waals surface area contributed by atoms with E-state index in [4.69, 9.17) is 9.47 Å². The third-order valence-electron chi connectivity index (χ3n) is 3.26. The molecule has 1 N–H and O–H groups in total. The topological polar surface area (TPSA) is 60.5 Å². The lowest BCUT2D eigenvalue weighted by Crippen LogP contribution is -2.24. The highest BCUT2D eigenvalue weighted by molar-refractivity contribution is 9.11. The number of ether oxygens (including phenoxy) is 2. The van der Waals surface area contributed by atoms with Crippen LogP contribution in [0.4, 0.5) is 0 Å². The molecule has 0 bridgehead atoms. The molecule has 1 aliphatic heterocycles. The maximum absolute atomic E-state index is 12.3. The maximum atomic E-state index is 12.3. The molecule has 0 saturated carbocycles. The molecule has 22 heavy (non-hydrogen) atoms. The van der Waals surface area contributed by atoms with Crippen LogP contribution in [0.1, 0.15) is 40.7 Å². The summed E-state index contributed by atoms with van der Waals surface area (Å²) in [5.41, 5.74) is 1.45. The second-order valence-electron chi connectivity index (χ2n) is 5.20. The molecule has 0 atom stereocenters. The van der Waals surface area contributed by atoms with Gasteiger partial charge in [-0.3, -0.25) is 4.79 Å². The Bertz CT molecular complexity index is 715. The smallest absolute Gasteiger partial charge is 0.271 e. The summed E-state index contributed by atoms with van der Waals surface area (Å²) in [7, 11) is 0. The molecular formula is C15H15BrN2O3S. The van der Waals surface area contributed by atoms with Crippen molar-refractivity contribution in [3.05, 3.63) is 38.3 Å².